The second kappa shape index (κ2) is 8.47. The van der Waals surface area contributed by atoms with Gasteiger partial charge in [0.15, 0.2) is 5.58 Å². The van der Waals surface area contributed by atoms with Gasteiger partial charge in [0.05, 0.1) is 16.7 Å². The van der Waals surface area contributed by atoms with Crippen molar-refractivity contribution < 1.29 is 4.42 Å². The molecule has 0 aliphatic rings. The molecule has 0 radical (unpaired) electrons. The van der Waals surface area contributed by atoms with Crippen molar-refractivity contribution in [2.45, 2.75) is 6.92 Å². The predicted molar refractivity (Wildman–Crippen MR) is 164 cm³/mol. The maximum absolute atomic E-state index is 6.67. The minimum absolute atomic E-state index is 0.909. The van der Waals surface area contributed by atoms with Gasteiger partial charge in [-0.05, 0) is 65.1 Å². The molecule has 0 amide bonds. The van der Waals surface area contributed by atoms with Crippen LogP contribution in [0.2, 0.25) is 0 Å². The van der Waals surface area contributed by atoms with Gasteiger partial charge in [-0.1, -0.05) is 103 Å². The van der Waals surface area contributed by atoms with E-state index in [4.69, 9.17) is 4.42 Å². The molecule has 6 aromatic carbocycles. The summed E-state index contributed by atoms with van der Waals surface area (Å²) in [4.78, 5) is 0. The van der Waals surface area contributed by atoms with Crippen LogP contribution in [0.5, 0.6) is 0 Å². The van der Waals surface area contributed by atoms with Crippen molar-refractivity contribution >= 4 is 43.7 Å². The number of fused-ring (bicyclic) bond motifs is 6. The quantitative estimate of drug-likeness (QED) is 0.236. The molecule has 0 spiro atoms. The maximum Gasteiger partial charge on any atom is 0.159 e. The van der Waals surface area contributed by atoms with Crippen LogP contribution < -0.4 is 0 Å². The van der Waals surface area contributed by atoms with Gasteiger partial charge in [-0.3, -0.25) is 0 Å². The lowest BCUT2D eigenvalue weighted by Crippen LogP contribution is -1.96. The molecule has 2 heteroatoms. The van der Waals surface area contributed by atoms with E-state index in [1.165, 1.54) is 55.0 Å². The van der Waals surface area contributed by atoms with Crippen LogP contribution in [0.15, 0.2) is 138 Å². The van der Waals surface area contributed by atoms with Crippen LogP contribution in [-0.4, -0.2) is 4.57 Å². The molecule has 184 valence electrons. The number of benzene rings is 6. The van der Waals surface area contributed by atoms with Gasteiger partial charge in [0.1, 0.15) is 5.58 Å². The smallest absolute Gasteiger partial charge is 0.159 e. The van der Waals surface area contributed by atoms with Crippen molar-refractivity contribution in [3.63, 3.8) is 0 Å². The molecule has 39 heavy (non-hydrogen) atoms. The number of aryl methyl sites for hydroxylation is 1. The van der Waals surface area contributed by atoms with Crippen LogP contribution in [0.1, 0.15) is 5.56 Å². The normalized spacial score (nSPS) is 11.7. The summed E-state index contributed by atoms with van der Waals surface area (Å²) in [6.07, 6.45) is 0. The minimum Gasteiger partial charge on any atom is -0.454 e. The highest BCUT2D eigenvalue weighted by molar-refractivity contribution is 6.14. The molecule has 8 aromatic rings. The van der Waals surface area contributed by atoms with E-state index in [-0.39, 0.29) is 0 Å². The van der Waals surface area contributed by atoms with Crippen molar-refractivity contribution in [2.24, 2.45) is 0 Å². The number of aromatic nitrogens is 1. The Labute approximate surface area is 226 Å². The SMILES string of the molecule is Cc1cccc2oc3c(-n4c5ccccc5c5ccc(-c6ccccc6)cc54)cc(-c4ccccc4)cc3c12. The molecule has 2 heterocycles. The molecule has 0 aliphatic carbocycles. The average Bonchev–Trinajstić information content (AvgIpc) is 3.54. The van der Waals surface area contributed by atoms with Crippen LogP contribution in [0.25, 0.3) is 71.7 Å². The zero-order valence-corrected chi connectivity index (χ0v) is 21.6. The van der Waals surface area contributed by atoms with Crippen LogP contribution in [-0.2, 0) is 0 Å². The van der Waals surface area contributed by atoms with Gasteiger partial charge in [0, 0.05) is 21.5 Å². The number of hydrogen-bond acceptors (Lipinski definition) is 1. The first-order valence-electron chi connectivity index (χ1n) is 13.4. The summed E-state index contributed by atoms with van der Waals surface area (Å²) >= 11 is 0. The number of nitrogens with zero attached hydrogens (tertiary/aromatic N) is 1. The highest BCUT2D eigenvalue weighted by atomic mass is 16.3. The number of para-hydroxylation sites is 1. The molecule has 8 rings (SSSR count). The van der Waals surface area contributed by atoms with E-state index >= 15 is 0 Å². The van der Waals surface area contributed by atoms with Gasteiger partial charge in [0.2, 0.25) is 0 Å². The molecule has 0 atom stereocenters. The fourth-order valence-electron chi connectivity index (χ4n) is 6.09. The molecule has 2 aromatic heterocycles. The number of furan rings is 1. The molecule has 0 unspecified atom stereocenters. The van der Waals surface area contributed by atoms with E-state index in [1.54, 1.807) is 0 Å². The third kappa shape index (κ3) is 3.35. The predicted octanol–water partition coefficient (Wildman–Crippen LogP) is 10.3. The molecular formula is C37H25NO. The standard InChI is InChI=1S/C37H25NO/c1-24-11-10-18-35-36(24)31-21-28(26-14-6-3-7-15-26)23-34(37(31)39-35)38-32-17-9-8-16-29(32)30-20-19-27(22-33(30)38)25-12-4-2-5-13-25/h2-23H,1H3. The Kier molecular flexibility index (Phi) is 4.77. The second-order valence-corrected chi connectivity index (χ2v) is 10.2. The van der Waals surface area contributed by atoms with Crippen molar-refractivity contribution in [3.05, 3.63) is 139 Å². The summed E-state index contributed by atoms with van der Waals surface area (Å²) in [5, 5.41) is 4.79. The van der Waals surface area contributed by atoms with E-state index in [0.717, 1.165) is 22.2 Å². The van der Waals surface area contributed by atoms with Gasteiger partial charge in [-0.25, -0.2) is 0 Å². The Hall–Kier alpha value is -5.08. The Morgan fingerprint density at radius 2 is 1.18 bits per heavy atom. The molecule has 2 nitrogen and oxygen atoms in total. The fraction of sp³-hybridized carbons (Fsp3) is 0.0270. The van der Waals surface area contributed by atoms with Crippen LogP contribution in [0.4, 0.5) is 0 Å². The molecular weight excluding hydrogens is 474 g/mol. The second-order valence-electron chi connectivity index (χ2n) is 10.2. The maximum atomic E-state index is 6.67. The van der Waals surface area contributed by atoms with Crippen molar-refractivity contribution in [1.29, 1.82) is 0 Å². The monoisotopic (exact) mass is 499 g/mol. The first kappa shape index (κ1) is 22.0. The molecule has 0 N–H and O–H groups in total. The zero-order valence-electron chi connectivity index (χ0n) is 21.6. The molecule has 0 saturated heterocycles. The first-order chi connectivity index (χ1) is 19.3. The van der Waals surface area contributed by atoms with Crippen LogP contribution in [0.3, 0.4) is 0 Å². The first-order valence-corrected chi connectivity index (χ1v) is 13.4. The van der Waals surface area contributed by atoms with E-state index < -0.39 is 0 Å². The van der Waals surface area contributed by atoms with Crippen molar-refractivity contribution in [3.8, 4) is 27.9 Å². The molecule has 0 saturated carbocycles. The third-order valence-electron chi connectivity index (χ3n) is 7.91. The van der Waals surface area contributed by atoms with Gasteiger partial charge in [-0.2, -0.15) is 0 Å². The minimum atomic E-state index is 0.909. The van der Waals surface area contributed by atoms with Crippen molar-refractivity contribution in [2.75, 3.05) is 0 Å². The average molecular weight is 500 g/mol. The summed E-state index contributed by atoms with van der Waals surface area (Å²) in [5.74, 6) is 0. The van der Waals surface area contributed by atoms with E-state index in [1.807, 2.05) is 0 Å². The highest BCUT2D eigenvalue weighted by Crippen LogP contribution is 2.42. The lowest BCUT2D eigenvalue weighted by Gasteiger charge is -2.12. The summed E-state index contributed by atoms with van der Waals surface area (Å²) in [6.45, 7) is 2.17. The highest BCUT2D eigenvalue weighted by Gasteiger charge is 2.20. The summed E-state index contributed by atoms with van der Waals surface area (Å²) < 4.78 is 9.06. The molecule has 0 bridgehead atoms. The fourth-order valence-corrected chi connectivity index (χ4v) is 6.09. The third-order valence-corrected chi connectivity index (χ3v) is 7.91. The number of hydrogen-bond donors (Lipinski definition) is 0. The lowest BCUT2D eigenvalue weighted by molar-refractivity contribution is 0.666. The summed E-state index contributed by atoms with van der Waals surface area (Å²) in [7, 11) is 0. The Morgan fingerprint density at radius 1 is 0.487 bits per heavy atom. The lowest BCUT2D eigenvalue weighted by atomic mass is 10.00. The number of rotatable bonds is 3. The topological polar surface area (TPSA) is 18.1 Å². The Balaban J connectivity index is 1.54. The summed E-state index contributed by atoms with van der Waals surface area (Å²) in [6, 6.07) is 47.6. The van der Waals surface area contributed by atoms with Crippen molar-refractivity contribution in [1.82, 2.24) is 4.57 Å². The van der Waals surface area contributed by atoms with Gasteiger partial charge >= 0.3 is 0 Å². The molecule has 0 aliphatic heterocycles. The Bertz CT molecular complexity index is 2170. The van der Waals surface area contributed by atoms with Gasteiger partial charge < -0.3 is 8.98 Å². The molecule has 0 fully saturated rings. The Morgan fingerprint density at radius 3 is 1.97 bits per heavy atom. The van der Waals surface area contributed by atoms with Crippen LogP contribution >= 0.6 is 0 Å². The van der Waals surface area contributed by atoms with E-state index in [9.17, 15) is 0 Å². The largest absolute Gasteiger partial charge is 0.454 e. The summed E-state index contributed by atoms with van der Waals surface area (Å²) in [5.41, 5.74) is 11.2. The zero-order chi connectivity index (χ0) is 25.9. The van der Waals surface area contributed by atoms with Gasteiger partial charge in [0.25, 0.3) is 0 Å². The van der Waals surface area contributed by atoms with E-state index in [2.05, 4.69) is 145 Å². The van der Waals surface area contributed by atoms with E-state index in [0.29, 0.717) is 0 Å². The van der Waals surface area contributed by atoms with Crippen LogP contribution in [0, 0.1) is 6.92 Å². The van der Waals surface area contributed by atoms with Gasteiger partial charge in [-0.15, -0.1) is 0 Å².